The lowest BCUT2D eigenvalue weighted by molar-refractivity contribution is -0.142. The molecule has 2 fully saturated rings. The van der Waals surface area contributed by atoms with E-state index in [1.165, 1.54) is 14.7 Å². The number of amides is 3. The maximum absolute atomic E-state index is 13.5. The monoisotopic (exact) mass is 978 g/mol. The van der Waals surface area contributed by atoms with Gasteiger partial charge in [0.2, 0.25) is 11.9 Å². The number of carbonyl (C=O) groups excluding carboxylic acids is 4. The van der Waals surface area contributed by atoms with Crippen molar-refractivity contribution in [1.82, 2.24) is 15.5 Å². The smallest absolute Gasteiger partial charge is 0.320 e. The van der Waals surface area contributed by atoms with Gasteiger partial charge < -0.3 is 4.74 Å². The molecule has 3 aliphatic heterocycles. The first-order valence-corrected chi connectivity index (χ1v) is 20.7. The number of fused-ring (bicyclic) bond motifs is 1. The van der Waals surface area contributed by atoms with Gasteiger partial charge in [-0.2, -0.15) is 0 Å². The number of halogens is 6. The number of esters is 1. The highest BCUT2D eigenvalue weighted by Crippen LogP contribution is 2.39. The number of nitrogens with zero attached hydrogens (tertiary/aromatic N) is 4. The Morgan fingerprint density at radius 3 is 1.84 bits per heavy atom. The maximum atomic E-state index is 13.5. The number of aliphatic imine (C=N–C) groups is 1. The normalized spacial score (nSPS) is 21.4. The second-order valence-corrected chi connectivity index (χ2v) is 17.4. The fraction of sp³-hybridized carbons (Fsp3) is 0.275. The van der Waals surface area contributed by atoms with Crippen molar-refractivity contribution in [2.75, 3.05) is 29.5 Å². The molecule has 7 rings (SSSR count). The molecule has 1 unspecified atom stereocenters. The Morgan fingerprint density at radius 2 is 1.32 bits per heavy atom. The van der Waals surface area contributed by atoms with Crippen molar-refractivity contribution in [2.45, 2.75) is 51.0 Å². The first-order valence-electron chi connectivity index (χ1n) is 17.6. The molecule has 0 saturated carbocycles. The molecule has 4 aromatic rings. The van der Waals surface area contributed by atoms with Gasteiger partial charge in [0.25, 0.3) is 11.8 Å². The Hall–Kier alpha value is -3.53. The van der Waals surface area contributed by atoms with Crippen molar-refractivity contribution in [3.05, 3.63) is 125 Å². The van der Waals surface area contributed by atoms with Gasteiger partial charge in [0.05, 0.1) is 18.8 Å². The molecular formula is C40H36Br2Cl4N6O5. The molecular weight excluding hydrogens is 946 g/mol. The van der Waals surface area contributed by atoms with Crippen LogP contribution in [-0.2, 0) is 36.8 Å². The van der Waals surface area contributed by atoms with Gasteiger partial charge >= 0.3 is 5.97 Å². The molecule has 0 aliphatic carbocycles. The summed E-state index contributed by atoms with van der Waals surface area (Å²) in [6.07, 6.45) is 0.188. The number of anilines is 2. The van der Waals surface area contributed by atoms with Gasteiger partial charge in [-0.05, 0) is 99.0 Å². The summed E-state index contributed by atoms with van der Waals surface area (Å²) in [5.41, 5.74) is 0.987. The van der Waals surface area contributed by atoms with Gasteiger partial charge in [-0.25, -0.2) is 9.89 Å². The van der Waals surface area contributed by atoms with E-state index in [9.17, 15) is 19.2 Å². The summed E-state index contributed by atoms with van der Waals surface area (Å²) in [7, 11) is 0. The lowest BCUT2D eigenvalue weighted by Gasteiger charge is -2.29. The van der Waals surface area contributed by atoms with Crippen molar-refractivity contribution in [3.63, 3.8) is 0 Å². The molecule has 4 aromatic carbocycles. The molecule has 2 saturated heterocycles. The average Bonchev–Trinajstić information content (AvgIpc) is 3.72. The van der Waals surface area contributed by atoms with Crippen LogP contribution in [-0.4, -0.2) is 71.6 Å². The number of hydrogen-bond acceptors (Lipinski definition) is 8. The molecule has 0 radical (unpaired) electrons. The van der Waals surface area contributed by atoms with E-state index < -0.39 is 23.3 Å². The van der Waals surface area contributed by atoms with Gasteiger partial charge in [0.1, 0.15) is 23.9 Å². The number of nitrogens with one attached hydrogen (secondary N) is 2. The molecule has 11 nitrogen and oxygen atoms in total. The summed E-state index contributed by atoms with van der Waals surface area (Å²) in [6.45, 7) is 5.59. The molecule has 0 aromatic heterocycles. The lowest BCUT2D eigenvalue weighted by Crippen LogP contribution is -2.52. The first-order chi connectivity index (χ1) is 27.0. The summed E-state index contributed by atoms with van der Waals surface area (Å²) >= 11 is 31.4. The molecule has 17 heteroatoms. The molecule has 0 bridgehead atoms. The summed E-state index contributed by atoms with van der Waals surface area (Å²) < 4.78 is 6.90. The second kappa shape index (κ2) is 17.8. The second-order valence-electron chi connectivity index (χ2n) is 13.9. The number of carbonyl (C=O) groups is 4. The van der Waals surface area contributed by atoms with E-state index in [4.69, 9.17) is 51.1 Å². The van der Waals surface area contributed by atoms with Crippen LogP contribution < -0.4 is 20.4 Å². The fourth-order valence-corrected chi connectivity index (χ4v) is 8.53. The van der Waals surface area contributed by atoms with Crippen molar-refractivity contribution >= 4 is 119 Å². The summed E-state index contributed by atoms with van der Waals surface area (Å²) in [6, 6.07) is 25.3. The zero-order valence-corrected chi connectivity index (χ0v) is 37.0. The Morgan fingerprint density at radius 1 is 0.807 bits per heavy atom. The highest BCUT2D eigenvalue weighted by Gasteiger charge is 2.58. The van der Waals surface area contributed by atoms with Crippen molar-refractivity contribution < 1.29 is 23.9 Å². The zero-order valence-electron chi connectivity index (χ0n) is 30.8. The van der Waals surface area contributed by atoms with Gasteiger partial charge in [-0.1, -0.05) is 103 Å². The quantitative estimate of drug-likeness (QED) is 0.153. The van der Waals surface area contributed by atoms with Crippen LogP contribution in [0.4, 0.5) is 11.4 Å². The van der Waals surface area contributed by atoms with Crippen LogP contribution in [0.1, 0.15) is 31.9 Å². The third kappa shape index (κ3) is 9.52. The highest BCUT2D eigenvalue weighted by atomic mass is 79.9. The molecule has 0 spiro atoms. The largest absolute Gasteiger partial charge is 0.465 e. The molecule has 3 atom stereocenters. The zero-order chi connectivity index (χ0) is 41.2. The maximum Gasteiger partial charge on any atom is 0.320 e. The third-order valence-electron chi connectivity index (χ3n) is 9.48. The summed E-state index contributed by atoms with van der Waals surface area (Å²) in [4.78, 5) is 60.1. The van der Waals surface area contributed by atoms with Gasteiger partial charge in [-0.15, -0.1) is 0 Å². The van der Waals surface area contributed by atoms with Gasteiger partial charge in [0, 0.05) is 41.1 Å². The minimum atomic E-state index is -1.07. The average molecular weight is 982 g/mol. The summed E-state index contributed by atoms with van der Waals surface area (Å²) in [5.74, 6) is -0.686. The van der Waals surface area contributed by atoms with E-state index >= 15 is 0 Å². The molecule has 3 heterocycles. The van der Waals surface area contributed by atoms with E-state index in [2.05, 4.69) is 47.5 Å². The Labute approximate surface area is 366 Å². The van der Waals surface area contributed by atoms with Crippen LogP contribution in [0.5, 0.6) is 0 Å². The fourth-order valence-electron chi connectivity index (χ4n) is 6.97. The van der Waals surface area contributed by atoms with E-state index in [1.54, 1.807) is 50.2 Å². The van der Waals surface area contributed by atoms with Crippen LogP contribution in [0.2, 0.25) is 20.1 Å². The van der Waals surface area contributed by atoms with Crippen LogP contribution >= 0.6 is 78.3 Å². The Kier molecular flexibility index (Phi) is 13.4. The molecule has 3 amide bonds. The topological polar surface area (TPSA) is 124 Å². The number of benzene rings is 4. The number of hydrogen-bond donors (Lipinski definition) is 2. The molecule has 298 valence electrons. The molecule has 3 aliphatic rings. The van der Waals surface area contributed by atoms with E-state index in [-0.39, 0.29) is 37.4 Å². The standard InChI is InChI=1S/C21H22BrCl2N3O3.C19H14BrCl2N3O2/c1-3-30-18(28)12-25-20-26-21(2,11-13-4-6-14(22)7-5-13)19(29)27(20)17-9-15(23)8-16(24)10-17;1-19(9-11-2-4-12(20)5-3-11)17(27)24(18-23-10-16(26)25(18)19)15-7-13(21)6-14(22)8-15/h4-10,20,25-26H,3,11-12H2,1-2H3;2-8H,9-10H2,1H3/t20?,21-;19-/m11/s1. The van der Waals surface area contributed by atoms with Gasteiger partial charge in [0.15, 0.2) is 0 Å². The highest BCUT2D eigenvalue weighted by molar-refractivity contribution is 9.10. The lowest BCUT2D eigenvalue weighted by atomic mass is 9.91. The van der Waals surface area contributed by atoms with E-state index in [0.717, 1.165) is 20.1 Å². The van der Waals surface area contributed by atoms with Crippen molar-refractivity contribution in [3.8, 4) is 0 Å². The van der Waals surface area contributed by atoms with Crippen LogP contribution in [0.25, 0.3) is 0 Å². The Balaban J connectivity index is 0.000000194. The first kappa shape index (κ1) is 43.1. The van der Waals surface area contributed by atoms with E-state index in [1.807, 2.05) is 55.5 Å². The van der Waals surface area contributed by atoms with Crippen LogP contribution in [0.3, 0.4) is 0 Å². The van der Waals surface area contributed by atoms with E-state index in [0.29, 0.717) is 50.3 Å². The molecule has 2 N–H and O–H groups in total. The van der Waals surface area contributed by atoms with Gasteiger partial charge in [-0.3, -0.25) is 39.6 Å². The van der Waals surface area contributed by atoms with Crippen molar-refractivity contribution in [1.29, 1.82) is 0 Å². The Bertz CT molecular complexity index is 2210. The predicted octanol–water partition coefficient (Wildman–Crippen LogP) is 8.43. The van der Waals surface area contributed by atoms with Crippen molar-refractivity contribution in [2.24, 2.45) is 4.99 Å². The minimum absolute atomic E-state index is 0.0172. The predicted molar refractivity (Wildman–Crippen MR) is 231 cm³/mol. The number of rotatable bonds is 10. The SMILES string of the molecule is CCOC(=O)CNC1N[C@](C)(Cc2ccc(Br)cc2)C(=O)N1c1cc(Cl)cc(Cl)c1.C[C@@]1(Cc2ccc(Br)cc2)C(=O)N(c2cc(Cl)cc(Cl)c2)C2=NCC(=O)N21. The summed E-state index contributed by atoms with van der Waals surface area (Å²) in [5, 5.41) is 8.02. The number of ether oxygens (including phenoxy) is 1. The van der Waals surface area contributed by atoms with Crippen LogP contribution in [0.15, 0.2) is 98.9 Å². The molecule has 57 heavy (non-hydrogen) atoms. The van der Waals surface area contributed by atoms with Crippen LogP contribution in [0, 0.1) is 0 Å². The number of guanidine groups is 1. The minimum Gasteiger partial charge on any atom is -0.465 e. The third-order valence-corrected chi connectivity index (χ3v) is 11.4.